The molecule has 0 aliphatic heterocycles. The van der Waals surface area contributed by atoms with Crippen LogP contribution >= 0.6 is 24.0 Å². The first kappa shape index (κ1) is 19.9. The van der Waals surface area contributed by atoms with Crippen LogP contribution in [0.2, 0.25) is 0 Å². The molecule has 0 heterocycles. The molecule has 0 spiro atoms. The van der Waals surface area contributed by atoms with Crippen molar-refractivity contribution in [3.8, 4) is 12.3 Å². The van der Waals surface area contributed by atoms with Crippen molar-refractivity contribution < 1.29 is 0 Å². The Morgan fingerprint density at radius 1 is 1.28 bits per heavy atom. The average molecular weight is 365 g/mol. The van der Waals surface area contributed by atoms with Crippen LogP contribution in [0.3, 0.4) is 0 Å². The van der Waals surface area contributed by atoms with Crippen molar-refractivity contribution in [2.45, 2.75) is 53.0 Å². The number of aliphatic imine (C=N–C) groups is 1. The normalized spacial score (nSPS) is 12.6. The van der Waals surface area contributed by atoms with E-state index in [2.05, 4.69) is 49.2 Å². The number of halogens is 1. The van der Waals surface area contributed by atoms with E-state index in [0.717, 1.165) is 18.4 Å². The second-order valence-corrected chi connectivity index (χ2v) is 4.77. The second kappa shape index (κ2) is 13.0. The van der Waals surface area contributed by atoms with Gasteiger partial charge in [0.1, 0.15) is 6.54 Å². The summed E-state index contributed by atoms with van der Waals surface area (Å²) in [6.45, 7) is 10.0. The Morgan fingerprint density at radius 3 is 2.44 bits per heavy atom. The summed E-state index contributed by atoms with van der Waals surface area (Å²) in [7, 11) is 0. The molecule has 0 bridgehead atoms. The summed E-state index contributed by atoms with van der Waals surface area (Å²) in [4.78, 5) is 4.27. The van der Waals surface area contributed by atoms with Crippen LogP contribution in [-0.4, -0.2) is 25.1 Å². The van der Waals surface area contributed by atoms with Crippen molar-refractivity contribution >= 4 is 29.9 Å². The molecule has 0 saturated heterocycles. The second-order valence-electron chi connectivity index (χ2n) is 4.77. The third kappa shape index (κ3) is 12.0. The Kier molecular flexibility index (Phi) is 14.4. The predicted molar refractivity (Wildman–Crippen MR) is 91.5 cm³/mol. The number of guanidine groups is 1. The molecule has 0 rings (SSSR count). The summed E-state index contributed by atoms with van der Waals surface area (Å²) in [5, 5.41) is 6.56. The van der Waals surface area contributed by atoms with Crippen molar-refractivity contribution in [3.05, 3.63) is 0 Å². The number of nitrogens with one attached hydrogen (secondary N) is 2. The molecule has 18 heavy (non-hydrogen) atoms. The first-order valence-electron chi connectivity index (χ1n) is 6.58. The molecule has 0 fully saturated rings. The molecule has 2 N–H and O–H groups in total. The highest BCUT2D eigenvalue weighted by atomic mass is 127. The van der Waals surface area contributed by atoms with Gasteiger partial charge in [-0.1, -0.05) is 32.6 Å². The quantitative estimate of drug-likeness (QED) is 0.315. The number of hydrogen-bond donors (Lipinski definition) is 2. The largest absolute Gasteiger partial charge is 0.357 e. The number of rotatable bonds is 7. The molecule has 106 valence electrons. The van der Waals surface area contributed by atoms with Gasteiger partial charge in [-0.05, 0) is 26.2 Å². The molecular weight excluding hydrogens is 337 g/mol. The lowest BCUT2D eigenvalue weighted by Gasteiger charge is -2.17. The lowest BCUT2D eigenvalue weighted by molar-refractivity contribution is 0.491. The molecule has 1 atom stereocenters. The average Bonchev–Trinajstić information content (AvgIpc) is 2.25. The van der Waals surface area contributed by atoms with Crippen LogP contribution in [0.25, 0.3) is 0 Å². The van der Waals surface area contributed by atoms with Gasteiger partial charge in [0, 0.05) is 12.6 Å². The minimum atomic E-state index is 0. The highest BCUT2D eigenvalue weighted by molar-refractivity contribution is 14.0. The molecule has 0 saturated carbocycles. The van der Waals surface area contributed by atoms with Crippen LogP contribution < -0.4 is 10.6 Å². The van der Waals surface area contributed by atoms with Crippen LogP contribution in [0.1, 0.15) is 47.0 Å². The van der Waals surface area contributed by atoms with Gasteiger partial charge in [-0.15, -0.1) is 30.4 Å². The van der Waals surface area contributed by atoms with E-state index in [0.29, 0.717) is 12.6 Å². The zero-order valence-electron chi connectivity index (χ0n) is 12.1. The summed E-state index contributed by atoms with van der Waals surface area (Å²) in [6, 6.07) is 0.435. The Bertz CT molecular complexity index is 256. The molecule has 4 heteroatoms. The van der Waals surface area contributed by atoms with E-state index in [-0.39, 0.29) is 24.0 Å². The summed E-state index contributed by atoms with van der Waals surface area (Å²) in [5.41, 5.74) is 0. The summed E-state index contributed by atoms with van der Waals surface area (Å²) < 4.78 is 0. The Morgan fingerprint density at radius 2 is 1.94 bits per heavy atom. The van der Waals surface area contributed by atoms with E-state index >= 15 is 0 Å². The smallest absolute Gasteiger partial charge is 0.192 e. The third-order valence-electron chi connectivity index (χ3n) is 2.47. The number of nitrogens with zero attached hydrogens (tertiary/aromatic N) is 1. The summed E-state index contributed by atoms with van der Waals surface area (Å²) in [6.07, 6.45) is 8.90. The first-order chi connectivity index (χ1) is 8.10. The topological polar surface area (TPSA) is 36.4 Å². The fraction of sp³-hybridized carbons (Fsp3) is 0.786. The van der Waals surface area contributed by atoms with Crippen molar-refractivity contribution in [1.82, 2.24) is 10.6 Å². The Hall–Kier alpha value is -0.440. The van der Waals surface area contributed by atoms with Crippen molar-refractivity contribution in [2.24, 2.45) is 10.9 Å². The molecule has 0 amide bonds. The summed E-state index contributed by atoms with van der Waals surface area (Å²) >= 11 is 0. The molecule has 0 aromatic carbocycles. The molecule has 0 radical (unpaired) electrons. The Labute approximate surface area is 130 Å². The van der Waals surface area contributed by atoms with Gasteiger partial charge in [0.2, 0.25) is 0 Å². The van der Waals surface area contributed by atoms with Crippen LogP contribution in [0.4, 0.5) is 0 Å². The van der Waals surface area contributed by atoms with E-state index in [1.54, 1.807) is 0 Å². The molecule has 3 nitrogen and oxygen atoms in total. The van der Waals surface area contributed by atoms with E-state index in [1.807, 2.05) is 0 Å². The third-order valence-corrected chi connectivity index (χ3v) is 2.47. The molecular formula is C14H28IN3. The maximum absolute atomic E-state index is 5.20. The van der Waals surface area contributed by atoms with Gasteiger partial charge >= 0.3 is 0 Å². The van der Waals surface area contributed by atoms with E-state index in [4.69, 9.17) is 6.42 Å². The van der Waals surface area contributed by atoms with Gasteiger partial charge in [0.05, 0.1) is 0 Å². The van der Waals surface area contributed by atoms with Gasteiger partial charge in [-0.3, -0.25) is 0 Å². The van der Waals surface area contributed by atoms with Crippen molar-refractivity contribution in [2.75, 3.05) is 13.1 Å². The van der Waals surface area contributed by atoms with Gasteiger partial charge < -0.3 is 10.6 Å². The minimum absolute atomic E-state index is 0. The maximum Gasteiger partial charge on any atom is 0.192 e. The molecule has 0 aromatic heterocycles. The van der Waals surface area contributed by atoms with Crippen LogP contribution in [0, 0.1) is 18.3 Å². The van der Waals surface area contributed by atoms with E-state index in [1.165, 1.54) is 19.3 Å². The lowest BCUT2D eigenvalue weighted by atomic mass is 10.0. The fourth-order valence-electron chi connectivity index (χ4n) is 1.58. The summed E-state index contributed by atoms with van der Waals surface area (Å²) in [5.74, 6) is 4.13. The zero-order valence-corrected chi connectivity index (χ0v) is 14.5. The lowest BCUT2D eigenvalue weighted by Crippen LogP contribution is -2.42. The SMILES string of the molecule is C#CCN=C(NCC)NC(C)CCCC(C)C.I. The van der Waals surface area contributed by atoms with Crippen molar-refractivity contribution in [1.29, 1.82) is 0 Å². The first-order valence-corrected chi connectivity index (χ1v) is 6.58. The standard InChI is InChI=1S/C14H27N3.HI/c1-6-11-16-14(15-7-2)17-13(5)10-8-9-12(3)4;/h1,12-13H,7-11H2,2-5H3,(H2,15,16,17);1H. The van der Waals surface area contributed by atoms with E-state index in [9.17, 15) is 0 Å². The highest BCUT2D eigenvalue weighted by Gasteiger charge is 2.05. The monoisotopic (exact) mass is 365 g/mol. The molecule has 0 aliphatic carbocycles. The molecule has 0 aliphatic rings. The maximum atomic E-state index is 5.20. The highest BCUT2D eigenvalue weighted by Crippen LogP contribution is 2.07. The van der Waals surface area contributed by atoms with Gasteiger partial charge in [-0.25, -0.2) is 4.99 Å². The number of terminal acetylenes is 1. The fourth-order valence-corrected chi connectivity index (χ4v) is 1.58. The van der Waals surface area contributed by atoms with Crippen LogP contribution in [-0.2, 0) is 0 Å². The predicted octanol–water partition coefficient (Wildman–Crippen LogP) is 3.01. The minimum Gasteiger partial charge on any atom is -0.357 e. The van der Waals surface area contributed by atoms with Gasteiger partial charge in [0.15, 0.2) is 5.96 Å². The van der Waals surface area contributed by atoms with E-state index < -0.39 is 0 Å². The number of hydrogen-bond acceptors (Lipinski definition) is 1. The zero-order chi connectivity index (χ0) is 13.1. The Balaban J connectivity index is 0. The molecule has 1 unspecified atom stereocenters. The van der Waals surface area contributed by atoms with Crippen molar-refractivity contribution in [3.63, 3.8) is 0 Å². The van der Waals surface area contributed by atoms with Crippen LogP contribution in [0.5, 0.6) is 0 Å². The molecule has 0 aromatic rings. The van der Waals surface area contributed by atoms with Crippen LogP contribution in [0.15, 0.2) is 4.99 Å². The van der Waals surface area contributed by atoms with Gasteiger partial charge in [-0.2, -0.15) is 0 Å². The van der Waals surface area contributed by atoms with Gasteiger partial charge in [0.25, 0.3) is 0 Å².